The molecule has 2 aromatic heterocycles. The summed E-state index contributed by atoms with van der Waals surface area (Å²) in [6.07, 6.45) is 1.59. The third-order valence-corrected chi connectivity index (χ3v) is 3.02. The van der Waals surface area contributed by atoms with Crippen molar-refractivity contribution in [1.82, 2.24) is 15.2 Å². The van der Waals surface area contributed by atoms with Crippen LogP contribution in [0, 0.1) is 0 Å². The molecule has 0 aliphatic heterocycles. The zero-order valence-electron chi connectivity index (χ0n) is 10.7. The van der Waals surface area contributed by atoms with E-state index >= 15 is 0 Å². The van der Waals surface area contributed by atoms with Crippen molar-refractivity contribution in [1.29, 1.82) is 0 Å². The Balaban J connectivity index is 1.88. The number of aromatic nitrogens is 4. The monoisotopic (exact) mass is 296 g/mol. The van der Waals surface area contributed by atoms with Gasteiger partial charge in [-0.15, -0.1) is 0 Å². The molecule has 0 aliphatic carbocycles. The molecule has 0 fully saturated rings. The Bertz CT molecular complexity index is 595. The number of nitrogen functional groups attached to an aromatic ring is 2. The summed E-state index contributed by atoms with van der Waals surface area (Å²) in [7, 11) is 0. The Labute approximate surface area is 118 Å². The van der Waals surface area contributed by atoms with Crippen molar-refractivity contribution >= 4 is 35.2 Å². The van der Waals surface area contributed by atoms with Crippen LogP contribution in [0.4, 0.5) is 17.5 Å². The topological polar surface area (TPSA) is 137 Å². The van der Waals surface area contributed by atoms with Gasteiger partial charge in [-0.2, -0.15) is 0 Å². The molecule has 5 N–H and O–H groups in total. The molecule has 0 unspecified atom stereocenters. The Morgan fingerprint density at radius 2 is 2.15 bits per heavy atom. The molecule has 2 aromatic rings. The maximum atomic E-state index is 11.7. The lowest BCUT2D eigenvalue weighted by atomic mass is 10.5. The largest absolute Gasteiger partial charge is 0.383 e. The first-order chi connectivity index (χ1) is 9.56. The van der Waals surface area contributed by atoms with E-state index < -0.39 is 0 Å². The van der Waals surface area contributed by atoms with Crippen molar-refractivity contribution in [3.63, 3.8) is 0 Å². The number of anilines is 3. The van der Waals surface area contributed by atoms with Crippen molar-refractivity contribution in [2.24, 2.45) is 0 Å². The third kappa shape index (κ3) is 3.82. The maximum absolute atomic E-state index is 11.7. The van der Waals surface area contributed by atoms with E-state index in [4.69, 9.17) is 16.0 Å². The molecular weight excluding hydrogens is 282 g/mol. The molecule has 0 radical (unpaired) electrons. The van der Waals surface area contributed by atoms with Crippen molar-refractivity contribution in [3.8, 4) is 0 Å². The summed E-state index contributed by atoms with van der Waals surface area (Å²) in [5.41, 5.74) is 11.1. The van der Waals surface area contributed by atoms with Gasteiger partial charge in [-0.1, -0.05) is 16.4 Å². The number of thioether (sulfide) groups is 1. The lowest BCUT2D eigenvalue weighted by molar-refractivity contribution is -0.759. The minimum absolute atomic E-state index is 0.107. The van der Waals surface area contributed by atoms with Crippen molar-refractivity contribution in [2.45, 2.75) is 18.6 Å². The van der Waals surface area contributed by atoms with Crippen molar-refractivity contribution < 1.29 is 14.0 Å². The Morgan fingerprint density at radius 1 is 1.45 bits per heavy atom. The number of nitrogens with two attached hydrogens (primary N) is 2. The molecule has 2 heterocycles. The van der Waals surface area contributed by atoms with Gasteiger partial charge in [0.05, 0.1) is 5.75 Å². The minimum atomic E-state index is -0.265. The number of carbonyl (C=O) groups is 1. The van der Waals surface area contributed by atoms with Gasteiger partial charge in [0.25, 0.3) is 6.20 Å². The van der Waals surface area contributed by atoms with Crippen LogP contribution in [0.5, 0.6) is 0 Å². The van der Waals surface area contributed by atoms with Gasteiger partial charge in [0.15, 0.2) is 11.7 Å². The summed E-state index contributed by atoms with van der Waals surface area (Å²) in [5.74, 6) is 0.652. The van der Waals surface area contributed by atoms with E-state index in [1.165, 1.54) is 6.07 Å². The maximum Gasteiger partial charge on any atom is 0.302 e. The highest BCUT2D eigenvalue weighted by molar-refractivity contribution is 7.99. The standard InChI is InChI=1S/C10H13N7O2S/c1-2-17-4-9(19-16-17)15-8(18)5-20-10-13-6(11)3-7(12)14-10/h3-4H,2,5H2,1H3,(H4-,11,12,13,14,15,16,18)/p+1. The molecule has 2 rings (SSSR count). The SMILES string of the molecule is CC[n+]1cc(NC(=O)CSc2nc(N)cc(N)n2)on1. The predicted molar refractivity (Wildman–Crippen MR) is 72.6 cm³/mol. The molecule has 9 nitrogen and oxygen atoms in total. The molecule has 1 amide bonds. The smallest absolute Gasteiger partial charge is 0.302 e. The zero-order chi connectivity index (χ0) is 14.5. The molecule has 0 aromatic carbocycles. The van der Waals surface area contributed by atoms with Gasteiger partial charge in [-0.25, -0.2) is 9.97 Å². The average Bonchev–Trinajstić information content (AvgIpc) is 2.83. The lowest BCUT2D eigenvalue weighted by Crippen LogP contribution is -2.32. The second-order valence-corrected chi connectivity index (χ2v) is 4.70. The predicted octanol–water partition coefficient (Wildman–Crippen LogP) is -0.333. The number of amides is 1. The molecule has 10 heteroatoms. The summed E-state index contributed by atoms with van der Waals surface area (Å²) >= 11 is 1.13. The van der Waals surface area contributed by atoms with Gasteiger partial charge in [0.1, 0.15) is 11.6 Å². The molecule has 0 spiro atoms. The molecule has 0 bridgehead atoms. The van der Waals surface area contributed by atoms with E-state index in [2.05, 4.69) is 20.6 Å². The van der Waals surface area contributed by atoms with E-state index in [0.717, 1.165) is 11.8 Å². The second-order valence-electron chi connectivity index (χ2n) is 3.76. The summed E-state index contributed by atoms with van der Waals surface area (Å²) in [6, 6.07) is 1.45. The van der Waals surface area contributed by atoms with Crippen LogP contribution in [-0.4, -0.2) is 26.9 Å². The van der Waals surface area contributed by atoms with Crippen molar-refractivity contribution in [3.05, 3.63) is 12.3 Å². The number of hydrogen-bond acceptors (Lipinski definition) is 8. The van der Waals surface area contributed by atoms with Crippen LogP contribution in [0.2, 0.25) is 0 Å². The summed E-state index contributed by atoms with van der Waals surface area (Å²) in [6.45, 7) is 2.57. The van der Waals surface area contributed by atoms with E-state index in [0.29, 0.717) is 11.7 Å². The summed E-state index contributed by atoms with van der Waals surface area (Å²) < 4.78 is 6.48. The molecule has 0 aliphatic rings. The van der Waals surface area contributed by atoms with Gasteiger partial charge in [0.2, 0.25) is 11.2 Å². The number of hydrogen-bond donors (Lipinski definition) is 3. The number of rotatable bonds is 5. The van der Waals surface area contributed by atoms with Crippen LogP contribution in [-0.2, 0) is 11.3 Å². The fourth-order valence-corrected chi connectivity index (χ4v) is 1.99. The van der Waals surface area contributed by atoms with E-state index in [9.17, 15) is 4.79 Å². The second kappa shape index (κ2) is 6.19. The van der Waals surface area contributed by atoms with Crippen LogP contribution >= 0.6 is 11.8 Å². The number of nitrogens with zero attached hydrogens (tertiary/aromatic N) is 4. The molecule has 106 valence electrons. The first-order valence-corrected chi connectivity index (χ1v) is 6.74. The lowest BCUT2D eigenvalue weighted by Gasteiger charge is -2.02. The first-order valence-electron chi connectivity index (χ1n) is 5.76. The highest BCUT2D eigenvalue weighted by Gasteiger charge is 2.13. The fraction of sp³-hybridized carbons (Fsp3) is 0.300. The Hall–Kier alpha value is -2.36. The quantitative estimate of drug-likeness (QED) is 0.387. The zero-order valence-corrected chi connectivity index (χ0v) is 11.6. The van der Waals surface area contributed by atoms with Gasteiger partial charge < -0.3 is 11.5 Å². The summed E-state index contributed by atoms with van der Waals surface area (Å²) in [4.78, 5) is 19.6. The highest BCUT2D eigenvalue weighted by Crippen LogP contribution is 2.16. The third-order valence-electron chi connectivity index (χ3n) is 2.17. The van der Waals surface area contributed by atoms with Gasteiger partial charge in [-0.05, 0) is 6.92 Å². The van der Waals surface area contributed by atoms with Gasteiger partial charge in [0, 0.05) is 6.07 Å². The minimum Gasteiger partial charge on any atom is -0.383 e. The van der Waals surface area contributed by atoms with Crippen LogP contribution in [0.15, 0.2) is 21.9 Å². The van der Waals surface area contributed by atoms with Crippen LogP contribution < -0.4 is 21.5 Å². The van der Waals surface area contributed by atoms with Gasteiger partial charge >= 0.3 is 5.88 Å². The van der Waals surface area contributed by atoms with Crippen molar-refractivity contribution in [2.75, 3.05) is 22.5 Å². The average molecular weight is 296 g/mol. The van der Waals surface area contributed by atoms with Gasteiger partial charge in [-0.3, -0.25) is 14.6 Å². The van der Waals surface area contributed by atoms with E-state index in [1.807, 2.05) is 6.92 Å². The highest BCUT2D eigenvalue weighted by atomic mass is 32.2. The van der Waals surface area contributed by atoms with Crippen LogP contribution in [0.25, 0.3) is 0 Å². The number of nitrogens with one attached hydrogen (secondary N) is 1. The van der Waals surface area contributed by atoms with E-state index in [-0.39, 0.29) is 29.2 Å². The number of aryl methyl sites for hydroxylation is 1. The molecule has 20 heavy (non-hydrogen) atoms. The number of carbonyl (C=O) groups excluding carboxylic acids is 1. The van der Waals surface area contributed by atoms with Crippen LogP contribution in [0.1, 0.15) is 6.92 Å². The normalized spacial score (nSPS) is 10.4. The molecule has 0 saturated carbocycles. The first kappa shape index (κ1) is 14.1. The Morgan fingerprint density at radius 3 is 2.75 bits per heavy atom. The molecule has 0 saturated heterocycles. The van der Waals surface area contributed by atoms with Crippen LogP contribution in [0.3, 0.4) is 0 Å². The summed E-state index contributed by atoms with van der Waals surface area (Å²) in [5, 5.41) is 6.61. The van der Waals surface area contributed by atoms with E-state index in [1.54, 1.807) is 10.9 Å². The molecular formula is C10H14N7O2S+. The molecule has 0 atom stereocenters. The Kier molecular flexibility index (Phi) is 4.35. The fourth-order valence-electron chi connectivity index (χ4n) is 1.31.